The Hall–Kier alpha value is -1.65. The maximum absolute atomic E-state index is 10.6. The number of ether oxygens (including phenoxy) is 1. The summed E-state index contributed by atoms with van der Waals surface area (Å²) in [6, 6.07) is 1.43. The van der Waals surface area contributed by atoms with Crippen molar-refractivity contribution in [3.05, 3.63) is 17.8 Å². The van der Waals surface area contributed by atoms with Crippen molar-refractivity contribution in [1.82, 2.24) is 10.2 Å². The highest BCUT2D eigenvalue weighted by Gasteiger charge is 2.02. The molecule has 1 rings (SSSR count). The fourth-order valence-electron chi connectivity index (χ4n) is 0.582. The Bertz CT molecular complexity index is 274. The minimum absolute atomic E-state index is 0.279. The molecular formula is C6H7N3O2. The fourth-order valence-corrected chi connectivity index (χ4v) is 0.582. The highest BCUT2D eigenvalue weighted by atomic mass is 16.5. The van der Waals surface area contributed by atoms with Gasteiger partial charge in [-0.1, -0.05) is 0 Å². The molecule has 2 N–H and O–H groups in total. The molecule has 5 heteroatoms. The van der Waals surface area contributed by atoms with E-state index in [0.29, 0.717) is 0 Å². The number of nitrogens with two attached hydrogens (primary N) is 1. The number of nitrogens with zero attached hydrogens (tertiary/aromatic N) is 2. The number of rotatable bonds is 2. The standard InChI is InChI=1S/C6H7N3O2/c1-11-5-2-4(6(7)10)3-8-9-5/h2-3H,1H3,(H2,7,10). The molecule has 0 atom stereocenters. The summed E-state index contributed by atoms with van der Waals surface area (Å²) in [6.45, 7) is 0. The molecule has 1 aromatic heterocycles. The Balaban J connectivity index is 3.01. The van der Waals surface area contributed by atoms with Crippen molar-refractivity contribution in [3.8, 4) is 5.88 Å². The van der Waals surface area contributed by atoms with E-state index < -0.39 is 5.91 Å². The molecule has 1 amide bonds. The molecule has 0 bridgehead atoms. The van der Waals surface area contributed by atoms with E-state index >= 15 is 0 Å². The first-order valence-electron chi connectivity index (χ1n) is 2.90. The molecule has 11 heavy (non-hydrogen) atoms. The highest BCUT2D eigenvalue weighted by Crippen LogP contribution is 2.04. The maximum Gasteiger partial charge on any atom is 0.250 e. The molecule has 0 saturated carbocycles. The molecule has 0 aliphatic rings. The lowest BCUT2D eigenvalue weighted by Crippen LogP contribution is -2.11. The molecule has 0 radical (unpaired) electrons. The number of amides is 1. The molecule has 5 nitrogen and oxygen atoms in total. The van der Waals surface area contributed by atoms with E-state index in [1.54, 1.807) is 0 Å². The third kappa shape index (κ3) is 1.64. The van der Waals surface area contributed by atoms with Gasteiger partial charge in [0.1, 0.15) is 0 Å². The second kappa shape index (κ2) is 2.96. The summed E-state index contributed by atoms with van der Waals surface area (Å²) in [4.78, 5) is 10.6. The zero-order valence-corrected chi connectivity index (χ0v) is 5.94. The third-order valence-electron chi connectivity index (χ3n) is 1.13. The zero-order chi connectivity index (χ0) is 8.27. The van der Waals surface area contributed by atoms with Gasteiger partial charge in [0.25, 0.3) is 5.91 Å². The number of aromatic nitrogens is 2. The van der Waals surface area contributed by atoms with Crippen molar-refractivity contribution in [2.24, 2.45) is 5.73 Å². The molecule has 0 fully saturated rings. The van der Waals surface area contributed by atoms with Gasteiger partial charge in [0, 0.05) is 6.07 Å². The summed E-state index contributed by atoms with van der Waals surface area (Å²) in [5, 5.41) is 7.06. The van der Waals surface area contributed by atoms with Crippen LogP contribution in [-0.2, 0) is 0 Å². The van der Waals surface area contributed by atoms with Gasteiger partial charge in [0.15, 0.2) is 0 Å². The molecule has 0 aromatic carbocycles. The topological polar surface area (TPSA) is 78.1 Å². The summed E-state index contributed by atoms with van der Waals surface area (Å²) in [7, 11) is 1.44. The first kappa shape index (κ1) is 7.46. The van der Waals surface area contributed by atoms with Crippen LogP contribution in [0.5, 0.6) is 5.88 Å². The van der Waals surface area contributed by atoms with Crippen LogP contribution in [0.3, 0.4) is 0 Å². The Labute approximate surface area is 63.2 Å². The molecule has 1 heterocycles. The monoisotopic (exact) mass is 153 g/mol. The van der Waals surface area contributed by atoms with Gasteiger partial charge in [-0.15, -0.1) is 5.10 Å². The van der Waals surface area contributed by atoms with Crippen molar-refractivity contribution in [3.63, 3.8) is 0 Å². The van der Waals surface area contributed by atoms with Gasteiger partial charge in [-0.2, -0.15) is 5.10 Å². The minimum Gasteiger partial charge on any atom is -0.480 e. The number of hydrogen-bond donors (Lipinski definition) is 1. The second-order valence-corrected chi connectivity index (χ2v) is 1.85. The summed E-state index contributed by atoms with van der Waals surface area (Å²) < 4.78 is 4.72. The number of carbonyl (C=O) groups is 1. The van der Waals surface area contributed by atoms with Crippen LogP contribution in [0.15, 0.2) is 12.3 Å². The predicted molar refractivity (Wildman–Crippen MR) is 37.1 cm³/mol. The van der Waals surface area contributed by atoms with Crippen LogP contribution in [0.25, 0.3) is 0 Å². The van der Waals surface area contributed by atoms with Crippen LogP contribution in [0.4, 0.5) is 0 Å². The van der Waals surface area contributed by atoms with Crippen molar-refractivity contribution in [2.45, 2.75) is 0 Å². The highest BCUT2D eigenvalue weighted by molar-refractivity contribution is 5.92. The van der Waals surface area contributed by atoms with E-state index in [4.69, 9.17) is 10.5 Å². The molecule has 0 aliphatic carbocycles. The van der Waals surface area contributed by atoms with Crippen molar-refractivity contribution >= 4 is 5.91 Å². The smallest absolute Gasteiger partial charge is 0.250 e. The Morgan fingerprint density at radius 2 is 2.45 bits per heavy atom. The number of primary amides is 1. The van der Waals surface area contributed by atoms with Crippen molar-refractivity contribution in [1.29, 1.82) is 0 Å². The van der Waals surface area contributed by atoms with E-state index in [2.05, 4.69) is 10.2 Å². The zero-order valence-electron chi connectivity index (χ0n) is 5.94. The fraction of sp³-hybridized carbons (Fsp3) is 0.167. The van der Waals surface area contributed by atoms with E-state index in [-0.39, 0.29) is 11.4 Å². The SMILES string of the molecule is COc1cc(C(N)=O)cnn1. The molecule has 1 aromatic rings. The summed E-state index contributed by atoms with van der Waals surface area (Å²) >= 11 is 0. The molecule has 0 aliphatic heterocycles. The van der Waals surface area contributed by atoms with E-state index in [0.717, 1.165) is 0 Å². The Kier molecular flexibility index (Phi) is 2.00. The van der Waals surface area contributed by atoms with Crippen LogP contribution in [-0.4, -0.2) is 23.2 Å². The van der Waals surface area contributed by atoms with E-state index in [1.807, 2.05) is 0 Å². The summed E-state index contributed by atoms with van der Waals surface area (Å²) in [5.74, 6) is -0.264. The number of carbonyl (C=O) groups excluding carboxylic acids is 1. The van der Waals surface area contributed by atoms with Crippen LogP contribution in [0.2, 0.25) is 0 Å². The lowest BCUT2D eigenvalue weighted by atomic mass is 10.3. The quantitative estimate of drug-likeness (QED) is 0.626. The van der Waals surface area contributed by atoms with Gasteiger partial charge in [0.05, 0.1) is 18.9 Å². The minimum atomic E-state index is -0.543. The third-order valence-corrected chi connectivity index (χ3v) is 1.13. The van der Waals surface area contributed by atoms with E-state index in [9.17, 15) is 4.79 Å². The normalized spacial score (nSPS) is 9.18. The van der Waals surface area contributed by atoms with Gasteiger partial charge >= 0.3 is 0 Å². The largest absolute Gasteiger partial charge is 0.480 e. The Morgan fingerprint density at radius 1 is 1.73 bits per heavy atom. The lowest BCUT2D eigenvalue weighted by Gasteiger charge is -1.97. The van der Waals surface area contributed by atoms with Crippen molar-refractivity contribution < 1.29 is 9.53 Å². The van der Waals surface area contributed by atoms with Gasteiger partial charge in [-0.05, 0) is 0 Å². The first-order valence-corrected chi connectivity index (χ1v) is 2.90. The van der Waals surface area contributed by atoms with E-state index in [1.165, 1.54) is 19.4 Å². The average molecular weight is 153 g/mol. The Morgan fingerprint density at radius 3 is 3.00 bits per heavy atom. The van der Waals surface area contributed by atoms with Gasteiger partial charge < -0.3 is 10.5 Å². The van der Waals surface area contributed by atoms with Gasteiger partial charge in [-0.3, -0.25) is 4.79 Å². The molecule has 0 saturated heterocycles. The second-order valence-electron chi connectivity index (χ2n) is 1.85. The summed E-state index contributed by atoms with van der Waals surface area (Å²) in [5.41, 5.74) is 5.26. The van der Waals surface area contributed by atoms with Crippen LogP contribution >= 0.6 is 0 Å². The first-order chi connectivity index (χ1) is 5.24. The van der Waals surface area contributed by atoms with Crippen LogP contribution in [0, 0.1) is 0 Å². The molecule has 0 unspecified atom stereocenters. The number of methoxy groups -OCH3 is 1. The van der Waals surface area contributed by atoms with Gasteiger partial charge in [0.2, 0.25) is 5.88 Å². The van der Waals surface area contributed by atoms with Crippen molar-refractivity contribution in [2.75, 3.05) is 7.11 Å². The molecular weight excluding hydrogens is 146 g/mol. The molecule has 0 spiro atoms. The van der Waals surface area contributed by atoms with Gasteiger partial charge in [-0.25, -0.2) is 0 Å². The van der Waals surface area contributed by atoms with Crippen LogP contribution in [0.1, 0.15) is 10.4 Å². The average Bonchev–Trinajstić information content (AvgIpc) is 2.05. The lowest BCUT2D eigenvalue weighted by molar-refractivity contribution is 0.0999. The maximum atomic E-state index is 10.6. The molecule has 58 valence electrons. The summed E-state index contributed by atoms with van der Waals surface area (Å²) in [6.07, 6.45) is 1.28. The van der Waals surface area contributed by atoms with Crippen LogP contribution < -0.4 is 10.5 Å². The predicted octanol–water partition coefficient (Wildman–Crippen LogP) is -0.416. The number of hydrogen-bond acceptors (Lipinski definition) is 4.